The number of hydrogen-bond donors (Lipinski definition) is 2. The molecule has 3 heteroatoms. The van der Waals surface area contributed by atoms with Gasteiger partial charge in [0.05, 0.1) is 6.54 Å². The first kappa shape index (κ1) is 13.8. The molecule has 0 atom stereocenters. The molecule has 0 amide bonds. The maximum absolute atomic E-state index is 5.20. The Morgan fingerprint density at radius 3 is 2.25 bits per heavy atom. The molecule has 0 aromatic rings. The van der Waals surface area contributed by atoms with Gasteiger partial charge in [0.15, 0.2) is 0 Å². The summed E-state index contributed by atoms with van der Waals surface area (Å²) in [5, 5.41) is 5.93. The molecule has 0 spiro atoms. The Hall–Kier alpha value is -0.800. The Kier molecular flexibility index (Phi) is 14.7. The van der Waals surface area contributed by atoms with Crippen LogP contribution in [-0.4, -0.2) is 33.8 Å². The van der Waals surface area contributed by atoms with Crippen molar-refractivity contribution in [1.82, 2.24) is 10.6 Å². The number of hydrogen-bond acceptors (Lipinski definition) is 3. The van der Waals surface area contributed by atoms with Gasteiger partial charge in [0, 0.05) is 6.54 Å². The van der Waals surface area contributed by atoms with Crippen molar-refractivity contribution in [1.29, 1.82) is 0 Å². The van der Waals surface area contributed by atoms with Crippen LogP contribution in [0.25, 0.3) is 0 Å². The van der Waals surface area contributed by atoms with E-state index in [1.54, 1.807) is 0 Å². The fraction of sp³-hybridized carbons (Fsp3) is 0.556. The Morgan fingerprint density at radius 2 is 1.83 bits per heavy atom. The summed E-state index contributed by atoms with van der Waals surface area (Å²) in [4.78, 5) is 0. The summed E-state index contributed by atoms with van der Waals surface area (Å²) in [6.07, 6.45) is 0. The molecule has 0 aliphatic rings. The lowest BCUT2D eigenvalue weighted by molar-refractivity contribution is 0.210. The molecule has 0 unspecified atom stereocenters. The van der Waals surface area contributed by atoms with Crippen molar-refractivity contribution in [3.8, 4) is 0 Å². The monoisotopic (exact) mass is 172 g/mol. The van der Waals surface area contributed by atoms with Gasteiger partial charge in [0.25, 0.3) is 0 Å². The Morgan fingerprint density at radius 1 is 1.25 bits per heavy atom. The van der Waals surface area contributed by atoms with Crippen LogP contribution >= 0.6 is 0 Å². The van der Waals surface area contributed by atoms with E-state index in [0.717, 1.165) is 18.8 Å². The van der Waals surface area contributed by atoms with E-state index in [9.17, 15) is 0 Å². The second-order valence-electron chi connectivity index (χ2n) is 2.02. The summed E-state index contributed by atoms with van der Waals surface area (Å²) in [5.74, 6) is 0.790. The highest BCUT2D eigenvalue weighted by molar-refractivity contribution is 4.84. The zero-order valence-corrected chi connectivity index (χ0v) is 8.15. The predicted octanol–water partition coefficient (Wildman–Crippen LogP) is 0.758. The highest BCUT2D eigenvalue weighted by atomic mass is 16.5. The van der Waals surface area contributed by atoms with Gasteiger partial charge >= 0.3 is 0 Å². The van der Waals surface area contributed by atoms with Crippen molar-refractivity contribution in [2.45, 2.75) is 0 Å². The number of ether oxygens (including phenoxy) is 1. The first-order chi connectivity index (χ1) is 5.81. The molecule has 0 heterocycles. The van der Waals surface area contributed by atoms with Crippen LogP contribution in [0.5, 0.6) is 0 Å². The molecule has 0 aromatic carbocycles. The molecule has 0 saturated heterocycles. The topological polar surface area (TPSA) is 33.3 Å². The van der Waals surface area contributed by atoms with Crippen LogP contribution in [0.3, 0.4) is 0 Å². The van der Waals surface area contributed by atoms with Crippen molar-refractivity contribution in [3.63, 3.8) is 0 Å². The summed E-state index contributed by atoms with van der Waals surface area (Å²) in [6.45, 7) is 12.0. The third-order valence-corrected chi connectivity index (χ3v) is 1.03. The van der Waals surface area contributed by atoms with Crippen LogP contribution in [0.2, 0.25) is 0 Å². The summed E-state index contributed by atoms with van der Waals surface area (Å²) >= 11 is 0. The first-order valence-electron chi connectivity index (χ1n) is 3.91. The Labute approximate surface area is 75.5 Å². The van der Waals surface area contributed by atoms with E-state index in [1.165, 1.54) is 0 Å². The van der Waals surface area contributed by atoms with Gasteiger partial charge < -0.3 is 15.4 Å². The Bertz CT molecular complexity index is 105. The zero-order valence-electron chi connectivity index (χ0n) is 8.15. The third-order valence-electron chi connectivity index (χ3n) is 1.03. The number of likely N-dealkylation sites (N-methyl/N-ethyl adjacent to an activating group) is 2. The molecule has 72 valence electrons. The molecule has 0 aliphatic carbocycles. The summed E-state index contributed by atoms with van der Waals surface area (Å²) in [6, 6.07) is 0. The minimum absolute atomic E-state index is 0.691. The minimum Gasteiger partial charge on any atom is -0.496 e. The fourth-order valence-corrected chi connectivity index (χ4v) is 0.546. The summed E-state index contributed by atoms with van der Waals surface area (Å²) in [5.41, 5.74) is 0. The van der Waals surface area contributed by atoms with E-state index in [4.69, 9.17) is 4.74 Å². The van der Waals surface area contributed by atoms with Crippen LogP contribution in [0.4, 0.5) is 0 Å². The van der Waals surface area contributed by atoms with Crippen LogP contribution < -0.4 is 10.6 Å². The molecule has 0 fully saturated rings. The smallest absolute Gasteiger partial charge is 0.103 e. The van der Waals surface area contributed by atoms with Gasteiger partial charge in [0.2, 0.25) is 0 Å². The molecule has 0 aromatic heterocycles. The van der Waals surface area contributed by atoms with Crippen LogP contribution in [-0.2, 0) is 4.74 Å². The van der Waals surface area contributed by atoms with Gasteiger partial charge in [-0.15, -0.1) is 13.2 Å². The van der Waals surface area contributed by atoms with Crippen molar-refractivity contribution in [2.24, 2.45) is 0 Å². The lowest BCUT2D eigenvalue weighted by Gasteiger charge is -2.07. The van der Waals surface area contributed by atoms with E-state index in [0.29, 0.717) is 6.61 Å². The zero-order chi connectivity index (χ0) is 9.82. The molecule has 12 heavy (non-hydrogen) atoms. The van der Waals surface area contributed by atoms with Gasteiger partial charge in [-0.25, -0.2) is 0 Å². The van der Waals surface area contributed by atoms with E-state index in [1.807, 2.05) is 14.1 Å². The van der Waals surface area contributed by atoms with Crippen LogP contribution in [0, 0.1) is 0 Å². The standard InChI is InChI=1S/C7H16N2O.C2H4/c1-7(6-9-3)10-5-4-8-2;1-2/h8-9H,1,4-6H2,2-3H3;1-2H2. The molecule has 0 rings (SSSR count). The minimum atomic E-state index is 0.691. The molecule has 0 radical (unpaired) electrons. The maximum atomic E-state index is 5.20. The molecule has 0 aliphatic heterocycles. The Balaban J connectivity index is 0. The molecule has 2 N–H and O–H groups in total. The van der Waals surface area contributed by atoms with Crippen LogP contribution in [0.15, 0.2) is 25.5 Å². The normalized spacial score (nSPS) is 8.17. The molecular weight excluding hydrogens is 152 g/mol. The van der Waals surface area contributed by atoms with Crippen molar-refractivity contribution < 1.29 is 4.74 Å². The lowest BCUT2D eigenvalue weighted by atomic mass is 10.5. The lowest BCUT2D eigenvalue weighted by Crippen LogP contribution is -2.17. The first-order valence-corrected chi connectivity index (χ1v) is 3.91. The number of rotatable bonds is 6. The van der Waals surface area contributed by atoms with E-state index < -0.39 is 0 Å². The average molecular weight is 172 g/mol. The third kappa shape index (κ3) is 11.9. The van der Waals surface area contributed by atoms with Crippen molar-refractivity contribution >= 4 is 0 Å². The van der Waals surface area contributed by atoms with E-state index >= 15 is 0 Å². The van der Waals surface area contributed by atoms with Gasteiger partial charge in [0.1, 0.15) is 12.4 Å². The second-order valence-corrected chi connectivity index (χ2v) is 2.02. The van der Waals surface area contributed by atoms with Gasteiger partial charge in [-0.05, 0) is 14.1 Å². The average Bonchev–Trinajstić information content (AvgIpc) is 2.09. The van der Waals surface area contributed by atoms with Gasteiger partial charge in [-0.3, -0.25) is 0 Å². The summed E-state index contributed by atoms with van der Waals surface area (Å²) in [7, 11) is 3.76. The highest BCUT2D eigenvalue weighted by Crippen LogP contribution is 1.88. The largest absolute Gasteiger partial charge is 0.496 e. The SMILES string of the molecule is C=C.C=C(CNC)OCCNC. The number of nitrogens with one attached hydrogen (secondary N) is 2. The van der Waals surface area contributed by atoms with Crippen molar-refractivity contribution in [3.05, 3.63) is 25.5 Å². The quantitative estimate of drug-likeness (QED) is 0.352. The molecule has 0 bridgehead atoms. The highest BCUT2D eigenvalue weighted by Gasteiger charge is 1.89. The van der Waals surface area contributed by atoms with Crippen LogP contribution in [0.1, 0.15) is 0 Å². The summed E-state index contributed by atoms with van der Waals surface area (Å²) < 4.78 is 5.20. The van der Waals surface area contributed by atoms with E-state index in [2.05, 4.69) is 30.4 Å². The molecular formula is C9H20N2O. The predicted molar refractivity (Wildman–Crippen MR) is 54.2 cm³/mol. The maximum Gasteiger partial charge on any atom is 0.103 e. The second kappa shape index (κ2) is 12.8. The fourth-order valence-electron chi connectivity index (χ4n) is 0.546. The molecule has 3 nitrogen and oxygen atoms in total. The van der Waals surface area contributed by atoms with Gasteiger partial charge in [-0.1, -0.05) is 6.58 Å². The van der Waals surface area contributed by atoms with Gasteiger partial charge in [-0.2, -0.15) is 0 Å². The van der Waals surface area contributed by atoms with Crippen molar-refractivity contribution in [2.75, 3.05) is 33.8 Å². The molecule has 0 saturated carbocycles. The van der Waals surface area contributed by atoms with E-state index in [-0.39, 0.29) is 0 Å².